The van der Waals surface area contributed by atoms with E-state index in [1.807, 2.05) is 0 Å². The van der Waals surface area contributed by atoms with Crippen molar-refractivity contribution in [1.82, 2.24) is 24.8 Å². The monoisotopic (exact) mass is 562 g/mol. The summed E-state index contributed by atoms with van der Waals surface area (Å²) in [4.78, 5) is 12.9. The van der Waals surface area contributed by atoms with E-state index in [4.69, 9.17) is 9.97 Å². The molecule has 2 heterocycles. The van der Waals surface area contributed by atoms with E-state index in [9.17, 15) is 0 Å². The number of nitrogens with zero attached hydrogens (tertiary/aromatic N) is 4. The van der Waals surface area contributed by atoms with Gasteiger partial charge in [-0.25, -0.2) is 9.97 Å². The predicted octanol–water partition coefficient (Wildman–Crippen LogP) is 6.74. The lowest BCUT2D eigenvalue weighted by atomic mass is 9.98. The van der Waals surface area contributed by atoms with Crippen LogP contribution in [0.1, 0.15) is 43.3 Å². The summed E-state index contributed by atoms with van der Waals surface area (Å²) in [5, 5.41) is 8.59. The molecule has 6 heteroatoms. The van der Waals surface area contributed by atoms with Crippen LogP contribution in [0.25, 0.3) is 33.2 Å². The van der Waals surface area contributed by atoms with Crippen molar-refractivity contribution in [2.24, 2.45) is 0 Å². The number of anilines is 1. The summed E-state index contributed by atoms with van der Waals surface area (Å²) in [6, 6.07) is 24.0. The molecule has 0 saturated heterocycles. The minimum absolute atomic E-state index is 0.865. The Morgan fingerprint density at radius 1 is 0.762 bits per heavy atom. The molecule has 0 aliphatic rings. The van der Waals surface area contributed by atoms with E-state index in [0.717, 1.165) is 92.2 Å². The highest BCUT2D eigenvalue weighted by atomic mass is 15.1. The number of aryl methyl sites for hydroxylation is 3. The summed E-state index contributed by atoms with van der Waals surface area (Å²) in [5.41, 5.74) is 10.5. The number of imidazole rings is 1. The van der Waals surface area contributed by atoms with Gasteiger partial charge in [0.2, 0.25) is 0 Å². The van der Waals surface area contributed by atoms with Crippen molar-refractivity contribution < 1.29 is 0 Å². The summed E-state index contributed by atoms with van der Waals surface area (Å²) in [7, 11) is 4.21. The minimum atomic E-state index is 0.865. The molecule has 0 atom stereocenters. The molecule has 0 spiro atoms. The van der Waals surface area contributed by atoms with Gasteiger partial charge in [0, 0.05) is 49.2 Å². The van der Waals surface area contributed by atoms with Gasteiger partial charge in [-0.3, -0.25) is 0 Å². The second-order valence-corrected chi connectivity index (χ2v) is 11.3. The third-order valence-corrected chi connectivity index (χ3v) is 8.11. The van der Waals surface area contributed by atoms with Crippen molar-refractivity contribution in [1.29, 1.82) is 0 Å². The molecule has 220 valence electrons. The first kappa shape index (κ1) is 29.7. The van der Waals surface area contributed by atoms with E-state index in [1.165, 1.54) is 27.6 Å². The van der Waals surface area contributed by atoms with Crippen molar-refractivity contribution in [3.8, 4) is 11.3 Å². The number of hydrogen-bond donors (Lipinski definition) is 2. The first-order valence-electron chi connectivity index (χ1n) is 15.6. The molecule has 0 unspecified atom stereocenters. The molecule has 0 amide bonds. The molecule has 2 N–H and O–H groups in total. The predicted molar refractivity (Wildman–Crippen MR) is 179 cm³/mol. The zero-order valence-electron chi connectivity index (χ0n) is 26.0. The molecule has 0 radical (unpaired) electrons. The fourth-order valence-electron chi connectivity index (χ4n) is 5.80. The maximum Gasteiger partial charge on any atom is 0.116 e. The van der Waals surface area contributed by atoms with Crippen LogP contribution in [0.5, 0.6) is 0 Å². The van der Waals surface area contributed by atoms with E-state index in [0.29, 0.717) is 0 Å². The number of rotatable bonds is 14. The van der Waals surface area contributed by atoms with Gasteiger partial charge >= 0.3 is 0 Å². The Bertz CT molecular complexity index is 1620. The van der Waals surface area contributed by atoms with Crippen LogP contribution in [0.15, 0.2) is 66.7 Å². The quantitative estimate of drug-likeness (QED) is 0.147. The standard InChI is InChI=1S/C36H46N6/c1-6-26-24-28(7-2)33-30(25-26)36-35(34(40-33)29-16-12-13-17-31(29)38-21-22-41(4)5)39-32(8-3)42(36)23-20-37-19-18-27-14-10-9-11-15-27/h9-17,24-25,37-38H,6-8,18-23H2,1-5H3. The van der Waals surface area contributed by atoms with E-state index in [2.05, 4.69) is 122 Å². The van der Waals surface area contributed by atoms with Crippen LogP contribution in [0, 0.1) is 0 Å². The summed E-state index contributed by atoms with van der Waals surface area (Å²) in [6.07, 6.45) is 3.85. The van der Waals surface area contributed by atoms with Gasteiger partial charge in [0.25, 0.3) is 0 Å². The molecule has 0 aliphatic carbocycles. The van der Waals surface area contributed by atoms with Crippen LogP contribution in [-0.2, 0) is 32.2 Å². The number of hydrogen-bond acceptors (Lipinski definition) is 5. The topological polar surface area (TPSA) is 58.0 Å². The molecule has 5 aromatic rings. The largest absolute Gasteiger partial charge is 0.383 e. The zero-order chi connectivity index (χ0) is 29.5. The highest BCUT2D eigenvalue weighted by molar-refractivity contribution is 6.10. The van der Waals surface area contributed by atoms with E-state index < -0.39 is 0 Å². The van der Waals surface area contributed by atoms with Gasteiger partial charge in [0.15, 0.2) is 0 Å². The smallest absolute Gasteiger partial charge is 0.116 e. The highest BCUT2D eigenvalue weighted by Crippen LogP contribution is 2.37. The Balaban J connectivity index is 1.60. The van der Waals surface area contributed by atoms with Crippen molar-refractivity contribution in [2.75, 3.05) is 45.6 Å². The third-order valence-electron chi connectivity index (χ3n) is 8.11. The maximum absolute atomic E-state index is 5.41. The summed E-state index contributed by atoms with van der Waals surface area (Å²) in [5.74, 6) is 1.11. The van der Waals surface area contributed by atoms with Crippen LogP contribution in [0.2, 0.25) is 0 Å². The van der Waals surface area contributed by atoms with Gasteiger partial charge in [0.1, 0.15) is 17.0 Å². The molecule has 5 rings (SSSR count). The number of fused-ring (bicyclic) bond motifs is 3. The lowest BCUT2D eigenvalue weighted by molar-refractivity contribution is 0.425. The molecule has 0 saturated carbocycles. The lowest BCUT2D eigenvalue weighted by Gasteiger charge is -2.17. The van der Waals surface area contributed by atoms with Gasteiger partial charge in [-0.1, -0.05) is 75.4 Å². The lowest BCUT2D eigenvalue weighted by Crippen LogP contribution is -2.23. The average Bonchev–Trinajstić information content (AvgIpc) is 3.39. The number of benzene rings is 3. The third kappa shape index (κ3) is 6.50. The van der Waals surface area contributed by atoms with Crippen LogP contribution in [0.4, 0.5) is 5.69 Å². The molecular formula is C36H46N6. The fourth-order valence-corrected chi connectivity index (χ4v) is 5.80. The Labute approximate surface area is 251 Å². The van der Waals surface area contributed by atoms with Crippen molar-refractivity contribution in [2.45, 2.75) is 53.0 Å². The zero-order valence-corrected chi connectivity index (χ0v) is 26.0. The van der Waals surface area contributed by atoms with Crippen LogP contribution in [0.3, 0.4) is 0 Å². The SMILES string of the molecule is CCc1cc(CC)c2nc(-c3ccccc3NCCN(C)C)c3nc(CC)n(CCNCCc4ccccc4)c3c2c1. The summed E-state index contributed by atoms with van der Waals surface area (Å²) in [6.45, 7) is 11.2. The first-order valence-corrected chi connectivity index (χ1v) is 15.6. The van der Waals surface area contributed by atoms with Crippen LogP contribution in [-0.4, -0.2) is 59.7 Å². The molecule has 0 fully saturated rings. The summed E-state index contributed by atoms with van der Waals surface area (Å²) >= 11 is 0. The minimum Gasteiger partial charge on any atom is -0.383 e. The second kappa shape index (κ2) is 14.0. The van der Waals surface area contributed by atoms with E-state index in [-0.39, 0.29) is 0 Å². The summed E-state index contributed by atoms with van der Waals surface area (Å²) < 4.78 is 2.46. The normalized spacial score (nSPS) is 11.7. The number of nitrogens with one attached hydrogen (secondary N) is 2. The van der Waals surface area contributed by atoms with Crippen LogP contribution < -0.4 is 10.6 Å². The van der Waals surface area contributed by atoms with Gasteiger partial charge in [-0.05, 0) is 68.7 Å². The average molecular weight is 563 g/mol. The molecule has 3 aromatic carbocycles. The molecule has 0 aliphatic heterocycles. The van der Waals surface area contributed by atoms with E-state index >= 15 is 0 Å². The number of likely N-dealkylation sites (N-methyl/N-ethyl adjacent to an activating group) is 1. The van der Waals surface area contributed by atoms with Gasteiger partial charge in [-0.15, -0.1) is 0 Å². The number of para-hydroxylation sites is 1. The fraction of sp³-hybridized carbons (Fsp3) is 0.389. The van der Waals surface area contributed by atoms with Gasteiger partial charge in [-0.2, -0.15) is 0 Å². The number of aromatic nitrogens is 3. The first-order chi connectivity index (χ1) is 20.5. The van der Waals surface area contributed by atoms with Crippen molar-refractivity contribution in [3.05, 3.63) is 89.2 Å². The maximum atomic E-state index is 5.41. The Kier molecular flexibility index (Phi) is 9.88. The number of pyridine rings is 1. The molecule has 6 nitrogen and oxygen atoms in total. The Hall–Kier alpha value is -3.74. The molecular weight excluding hydrogens is 516 g/mol. The Morgan fingerprint density at radius 2 is 1.55 bits per heavy atom. The van der Waals surface area contributed by atoms with E-state index in [1.54, 1.807) is 0 Å². The van der Waals surface area contributed by atoms with Gasteiger partial charge in [0.05, 0.1) is 11.0 Å². The molecule has 0 bridgehead atoms. The molecule has 2 aromatic heterocycles. The highest BCUT2D eigenvalue weighted by Gasteiger charge is 2.22. The van der Waals surface area contributed by atoms with Crippen LogP contribution >= 0.6 is 0 Å². The second-order valence-electron chi connectivity index (χ2n) is 11.3. The van der Waals surface area contributed by atoms with Crippen molar-refractivity contribution >= 4 is 27.6 Å². The van der Waals surface area contributed by atoms with Gasteiger partial charge < -0.3 is 20.1 Å². The van der Waals surface area contributed by atoms with Crippen molar-refractivity contribution in [3.63, 3.8) is 0 Å². The molecule has 42 heavy (non-hydrogen) atoms. The Morgan fingerprint density at radius 3 is 2.29 bits per heavy atom.